The molecule has 1 aromatic rings. The zero-order valence-electron chi connectivity index (χ0n) is 11.4. The molecule has 0 aromatic heterocycles. The number of benzene rings is 1. The van der Waals surface area contributed by atoms with Gasteiger partial charge in [0.2, 0.25) is 0 Å². The largest absolute Gasteiger partial charge is 0.494 e. The minimum Gasteiger partial charge on any atom is -0.494 e. The fourth-order valence-electron chi connectivity index (χ4n) is 1.26. The van der Waals surface area contributed by atoms with Crippen LogP contribution in [0.4, 0.5) is 4.79 Å². The van der Waals surface area contributed by atoms with Gasteiger partial charge < -0.3 is 20.3 Å². The number of hydrogen-bond acceptors (Lipinski definition) is 5. The predicted molar refractivity (Wildman–Crippen MR) is 75.3 cm³/mol. The number of halogens is 1. The second-order valence-corrected chi connectivity index (χ2v) is 3.74. The molecule has 112 valence electrons. The first-order valence-electron chi connectivity index (χ1n) is 5.97. The Morgan fingerprint density at radius 3 is 2.30 bits per heavy atom. The number of hydrogen-bond donors (Lipinski definition) is 2. The lowest BCUT2D eigenvalue weighted by molar-refractivity contribution is 0.0696. The molecule has 0 saturated carbocycles. The molecule has 20 heavy (non-hydrogen) atoms. The molecule has 1 rings (SSSR count). The van der Waals surface area contributed by atoms with Crippen LogP contribution in [0.2, 0.25) is 0 Å². The van der Waals surface area contributed by atoms with E-state index in [1.165, 1.54) is 12.1 Å². The monoisotopic (exact) mass is 303 g/mol. The lowest BCUT2D eigenvalue weighted by Gasteiger charge is -2.08. The van der Waals surface area contributed by atoms with E-state index >= 15 is 0 Å². The highest BCUT2D eigenvalue weighted by Crippen LogP contribution is 2.20. The summed E-state index contributed by atoms with van der Waals surface area (Å²) in [6.45, 7) is 4.72. The first-order chi connectivity index (χ1) is 9.46. The van der Waals surface area contributed by atoms with Crippen molar-refractivity contribution in [3.05, 3.63) is 29.3 Å². The molecule has 0 saturated heterocycles. The highest BCUT2D eigenvalue weighted by Gasteiger charge is 2.07. The highest BCUT2D eigenvalue weighted by molar-refractivity contribution is 6.61. The molecule has 3 N–H and O–H groups in total. The second-order valence-electron chi connectivity index (χ2n) is 3.44. The van der Waals surface area contributed by atoms with Crippen LogP contribution >= 0.6 is 11.6 Å². The van der Waals surface area contributed by atoms with E-state index in [0.717, 1.165) is 5.56 Å². The number of carbonyl (C=O) groups is 2. The van der Waals surface area contributed by atoms with Gasteiger partial charge in [0.05, 0.1) is 18.8 Å². The van der Waals surface area contributed by atoms with Crippen molar-refractivity contribution in [1.29, 1.82) is 0 Å². The summed E-state index contributed by atoms with van der Waals surface area (Å²) in [5.41, 5.74) is 5.77. The van der Waals surface area contributed by atoms with Gasteiger partial charge in [-0.3, -0.25) is 0 Å². The Balaban J connectivity index is 0.000000511. The van der Waals surface area contributed by atoms with E-state index < -0.39 is 11.4 Å². The molecule has 0 unspecified atom stereocenters. The van der Waals surface area contributed by atoms with Crippen molar-refractivity contribution in [3.8, 4) is 5.75 Å². The third kappa shape index (κ3) is 6.96. The number of nitrogens with two attached hydrogens (primary N) is 1. The maximum absolute atomic E-state index is 10.7. The molecule has 0 bridgehead atoms. The van der Waals surface area contributed by atoms with Crippen molar-refractivity contribution in [2.45, 2.75) is 20.4 Å². The molecule has 0 aliphatic heterocycles. The lowest BCUT2D eigenvalue weighted by Crippen LogP contribution is -2.04. The van der Waals surface area contributed by atoms with E-state index in [4.69, 9.17) is 27.2 Å². The van der Waals surface area contributed by atoms with Gasteiger partial charge in [-0.1, -0.05) is 6.07 Å². The summed E-state index contributed by atoms with van der Waals surface area (Å²) in [5, 5.41) is 8.75. The molecule has 6 nitrogen and oxygen atoms in total. The molecule has 1 aromatic carbocycles. The van der Waals surface area contributed by atoms with Gasteiger partial charge in [0.15, 0.2) is 0 Å². The van der Waals surface area contributed by atoms with E-state index in [2.05, 4.69) is 4.74 Å². The van der Waals surface area contributed by atoms with Gasteiger partial charge in [0, 0.05) is 23.7 Å². The topological polar surface area (TPSA) is 98.8 Å². The third-order valence-electron chi connectivity index (χ3n) is 2.09. The standard InChI is InChI=1S/C10H13NO3.C3H5ClO2/c1-2-14-9-5-7(10(12)13)3-4-8(9)6-11;1-2-6-3(4)5/h3-5H,2,6,11H2,1H3,(H,12,13);2H2,1H3. The first kappa shape index (κ1) is 18.2. The van der Waals surface area contributed by atoms with E-state index in [-0.39, 0.29) is 5.56 Å². The predicted octanol–water partition coefficient (Wildman–Crippen LogP) is 2.62. The average Bonchev–Trinajstić information content (AvgIpc) is 2.39. The number of carboxylic acid groups (broad SMARTS) is 1. The van der Waals surface area contributed by atoms with Crippen molar-refractivity contribution in [1.82, 2.24) is 0 Å². The molecule has 7 heteroatoms. The molecule has 0 heterocycles. The third-order valence-corrected chi connectivity index (χ3v) is 2.20. The molecule has 0 amide bonds. The van der Waals surface area contributed by atoms with E-state index in [1.54, 1.807) is 13.0 Å². The zero-order valence-corrected chi connectivity index (χ0v) is 12.1. The molecular weight excluding hydrogens is 286 g/mol. The molecule has 0 aliphatic carbocycles. The Hall–Kier alpha value is -1.79. The Labute approximate surface area is 122 Å². The fourth-order valence-corrected chi connectivity index (χ4v) is 1.37. The molecule has 0 spiro atoms. The van der Waals surface area contributed by atoms with Gasteiger partial charge in [-0.15, -0.1) is 0 Å². The van der Waals surface area contributed by atoms with Crippen molar-refractivity contribution >= 4 is 23.0 Å². The Bertz CT molecular complexity index is 450. The van der Waals surface area contributed by atoms with Crippen LogP contribution in [0.5, 0.6) is 5.75 Å². The molecule has 0 atom stereocenters. The van der Waals surface area contributed by atoms with Gasteiger partial charge in [0.1, 0.15) is 5.75 Å². The number of aromatic carboxylic acids is 1. The van der Waals surface area contributed by atoms with Gasteiger partial charge in [0.25, 0.3) is 0 Å². The van der Waals surface area contributed by atoms with E-state index in [9.17, 15) is 9.59 Å². The lowest BCUT2D eigenvalue weighted by atomic mass is 10.1. The number of carbonyl (C=O) groups excluding carboxylic acids is 1. The summed E-state index contributed by atoms with van der Waals surface area (Å²) in [6, 6.07) is 4.69. The quantitative estimate of drug-likeness (QED) is 0.811. The van der Waals surface area contributed by atoms with Crippen LogP contribution in [-0.4, -0.2) is 29.7 Å². The Morgan fingerprint density at radius 2 is 1.95 bits per heavy atom. The van der Waals surface area contributed by atoms with Crippen LogP contribution in [0, 0.1) is 0 Å². The summed E-state index contributed by atoms with van der Waals surface area (Å²) in [4.78, 5) is 20.3. The second kappa shape index (κ2) is 10.1. The van der Waals surface area contributed by atoms with Crippen molar-refractivity contribution in [3.63, 3.8) is 0 Å². The minimum absolute atomic E-state index is 0.214. The summed E-state index contributed by atoms with van der Waals surface area (Å²) in [5.74, 6) is -0.413. The highest BCUT2D eigenvalue weighted by atomic mass is 35.5. The smallest absolute Gasteiger partial charge is 0.403 e. The van der Waals surface area contributed by atoms with Crippen LogP contribution in [0.3, 0.4) is 0 Å². The molecule has 0 aliphatic rings. The number of carboxylic acids is 1. The Morgan fingerprint density at radius 1 is 1.30 bits per heavy atom. The summed E-state index contributed by atoms with van der Waals surface area (Å²) in [7, 11) is 0. The van der Waals surface area contributed by atoms with Crippen LogP contribution in [-0.2, 0) is 11.3 Å². The van der Waals surface area contributed by atoms with Gasteiger partial charge in [-0.25, -0.2) is 9.59 Å². The van der Waals surface area contributed by atoms with Crippen molar-refractivity contribution in [2.24, 2.45) is 5.73 Å². The fraction of sp³-hybridized carbons (Fsp3) is 0.385. The molecule has 0 radical (unpaired) electrons. The van der Waals surface area contributed by atoms with Crippen LogP contribution < -0.4 is 10.5 Å². The maximum Gasteiger partial charge on any atom is 0.403 e. The van der Waals surface area contributed by atoms with E-state index in [0.29, 0.717) is 25.5 Å². The summed E-state index contributed by atoms with van der Waals surface area (Å²) in [6.07, 6.45) is 0. The molecular formula is C13H18ClNO5. The van der Waals surface area contributed by atoms with Crippen molar-refractivity contribution in [2.75, 3.05) is 13.2 Å². The van der Waals surface area contributed by atoms with Crippen LogP contribution in [0.15, 0.2) is 18.2 Å². The SMILES string of the molecule is CCOC(=O)Cl.CCOc1cc(C(=O)O)ccc1CN. The van der Waals surface area contributed by atoms with Gasteiger partial charge in [-0.05, 0) is 26.0 Å². The summed E-state index contributed by atoms with van der Waals surface area (Å²) >= 11 is 4.72. The van der Waals surface area contributed by atoms with E-state index in [1.807, 2.05) is 6.92 Å². The van der Waals surface area contributed by atoms with Crippen LogP contribution in [0.25, 0.3) is 0 Å². The summed E-state index contributed by atoms with van der Waals surface area (Å²) < 4.78 is 9.44. The first-order valence-corrected chi connectivity index (χ1v) is 6.35. The number of ether oxygens (including phenoxy) is 2. The zero-order chi connectivity index (χ0) is 15.5. The maximum atomic E-state index is 10.7. The van der Waals surface area contributed by atoms with Gasteiger partial charge >= 0.3 is 11.4 Å². The molecule has 0 fully saturated rings. The van der Waals surface area contributed by atoms with Crippen LogP contribution in [0.1, 0.15) is 29.8 Å². The Kier molecular flexibility index (Phi) is 9.15. The minimum atomic E-state index is -0.963. The number of rotatable bonds is 5. The van der Waals surface area contributed by atoms with Crippen molar-refractivity contribution < 1.29 is 24.2 Å². The van der Waals surface area contributed by atoms with Gasteiger partial charge in [-0.2, -0.15) is 0 Å². The average molecular weight is 304 g/mol. The normalized spacial score (nSPS) is 9.20.